The summed E-state index contributed by atoms with van der Waals surface area (Å²) in [6.07, 6.45) is 6.55. The Labute approximate surface area is 170 Å². The van der Waals surface area contributed by atoms with Gasteiger partial charge in [0.15, 0.2) is 0 Å². The fourth-order valence-electron chi connectivity index (χ4n) is 2.52. The maximum atomic E-state index is 5.69. The van der Waals surface area contributed by atoms with Crippen LogP contribution >= 0.6 is 0 Å². The molecule has 3 rings (SSSR count). The third-order valence-corrected chi connectivity index (χ3v) is 4.11. The Kier molecular flexibility index (Phi) is 10.2. The largest absolute Gasteiger partial charge is 0.492 e. The number of ether oxygens (including phenoxy) is 1. The lowest BCUT2D eigenvalue weighted by Gasteiger charge is -2.10. The molecule has 28 heavy (non-hydrogen) atoms. The SMILES string of the molecule is CN(C)CCOc1ccc(C=CCCc2ccccc2)cc1.c1ccccc1. The molecule has 0 saturated heterocycles. The van der Waals surface area contributed by atoms with E-state index >= 15 is 0 Å². The highest BCUT2D eigenvalue weighted by Gasteiger charge is 1.95. The molecule has 2 nitrogen and oxygen atoms in total. The molecule has 0 radical (unpaired) electrons. The van der Waals surface area contributed by atoms with Crippen molar-refractivity contribution in [2.75, 3.05) is 27.2 Å². The molecule has 0 atom stereocenters. The van der Waals surface area contributed by atoms with Crippen LogP contribution in [0.3, 0.4) is 0 Å². The number of likely N-dealkylation sites (N-methyl/N-ethyl adjacent to an activating group) is 1. The van der Waals surface area contributed by atoms with Crippen LogP contribution < -0.4 is 4.74 Å². The Morgan fingerprint density at radius 1 is 0.750 bits per heavy atom. The van der Waals surface area contributed by atoms with Crippen LogP contribution in [0.2, 0.25) is 0 Å². The molecule has 2 heteroatoms. The molecule has 0 amide bonds. The molecule has 0 spiro atoms. The fourth-order valence-corrected chi connectivity index (χ4v) is 2.52. The quantitative estimate of drug-likeness (QED) is 0.483. The van der Waals surface area contributed by atoms with Gasteiger partial charge in [0, 0.05) is 6.54 Å². The second-order valence-electron chi connectivity index (χ2n) is 6.80. The van der Waals surface area contributed by atoms with E-state index in [9.17, 15) is 0 Å². The molecule has 0 aliphatic heterocycles. The van der Waals surface area contributed by atoms with Crippen molar-refractivity contribution in [1.82, 2.24) is 4.90 Å². The van der Waals surface area contributed by atoms with Gasteiger partial charge in [-0.3, -0.25) is 0 Å². The van der Waals surface area contributed by atoms with Crippen molar-refractivity contribution in [3.05, 3.63) is 108 Å². The van der Waals surface area contributed by atoms with Crippen molar-refractivity contribution in [2.24, 2.45) is 0 Å². The molecular formula is C26H31NO. The van der Waals surface area contributed by atoms with Gasteiger partial charge < -0.3 is 9.64 Å². The third-order valence-electron chi connectivity index (χ3n) is 4.11. The molecule has 0 N–H and O–H groups in total. The number of rotatable bonds is 8. The minimum Gasteiger partial charge on any atom is -0.492 e. The lowest BCUT2D eigenvalue weighted by molar-refractivity contribution is 0.261. The first kappa shape index (κ1) is 21.5. The van der Waals surface area contributed by atoms with Crippen LogP contribution in [0.4, 0.5) is 0 Å². The van der Waals surface area contributed by atoms with E-state index in [1.165, 1.54) is 11.1 Å². The van der Waals surface area contributed by atoms with Gasteiger partial charge in [-0.2, -0.15) is 0 Å². The first-order chi connectivity index (χ1) is 13.7. The molecule has 0 aliphatic carbocycles. The lowest BCUT2D eigenvalue weighted by atomic mass is 10.1. The van der Waals surface area contributed by atoms with Crippen LogP contribution in [0.25, 0.3) is 6.08 Å². The molecule has 0 aromatic heterocycles. The van der Waals surface area contributed by atoms with Gasteiger partial charge in [-0.25, -0.2) is 0 Å². The summed E-state index contributed by atoms with van der Waals surface area (Å²) in [5.74, 6) is 0.934. The number of nitrogens with zero attached hydrogens (tertiary/aromatic N) is 1. The molecule has 3 aromatic carbocycles. The minimum atomic E-state index is 0.721. The molecule has 0 saturated carbocycles. The van der Waals surface area contributed by atoms with E-state index in [4.69, 9.17) is 4.74 Å². The highest BCUT2D eigenvalue weighted by atomic mass is 16.5. The van der Waals surface area contributed by atoms with Crippen LogP contribution in [0.5, 0.6) is 5.75 Å². The van der Waals surface area contributed by atoms with Crippen molar-refractivity contribution in [3.8, 4) is 5.75 Å². The van der Waals surface area contributed by atoms with E-state index in [2.05, 4.69) is 59.5 Å². The molecule has 146 valence electrons. The number of benzene rings is 3. The summed E-state index contributed by atoms with van der Waals surface area (Å²) in [5.41, 5.74) is 2.60. The van der Waals surface area contributed by atoms with Crippen LogP contribution in [-0.2, 0) is 6.42 Å². The molecule has 0 bridgehead atoms. The lowest BCUT2D eigenvalue weighted by Crippen LogP contribution is -2.19. The van der Waals surface area contributed by atoms with Gasteiger partial charge in [0.1, 0.15) is 12.4 Å². The molecule has 0 heterocycles. The molecule has 0 aliphatic rings. The predicted molar refractivity (Wildman–Crippen MR) is 121 cm³/mol. The van der Waals surface area contributed by atoms with Gasteiger partial charge >= 0.3 is 0 Å². The standard InChI is InChI=1S/C20H25NO.C6H6/c1-21(2)16-17-22-20-14-12-19(13-15-20)11-7-6-10-18-8-4-3-5-9-18;1-2-4-6-5-3-1/h3-5,7-9,11-15H,6,10,16-17H2,1-2H3;1-6H. The third kappa shape index (κ3) is 9.75. The van der Waals surface area contributed by atoms with Gasteiger partial charge in [0.05, 0.1) is 0 Å². The Hall–Kier alpha value is -2.84. The Morgan fingerprint density at radius 2 is 1.32 bits per heavy atom. The maximum absolute atomic E-state index is 5.69. The van der Waals surface area contributed by atoms with E-state index in [1.807, 2.05) is 62.6 Å². The van der Waals surface area contributed by atoms with Crippen LogP contribution in [0.1, 0.15) is 17.5 Å². The summed E-state index contributed by atoms with van der Waals surface area (Å²) >= 11 is 0. The van der Waals surface area contributed by atoms with Gasteiger partial charge in [0.2, 0.25) is 0 Å². The van der Waals surface area contributed by atoms with Crippen LogP contribution in [-0.4, -0.2) is 32.1 Å². The Morgan fingerprint density at radius 3 is 1.89 bits per heavy atom. The first-order valence-electron chi connectivity index (χ1n) is 9.82. The summed E-state index contributed by atoms with van der Waals surface area (Å²) in [4.78, 5) is 2.11. The number of allylic oxidation sites excluding steroid dienone is 1. The topological polar surface area (TPSA) is 12.5 Å². The Bertz CT molecular complexity index is 738. The predicted octanol–water partition coefficient (Wildman–Crippen LogP) is 5.96. The van der Waals surface area contributed by atoms with Crippen molar-refractivity contribution in [3.63, 3.8) is 0 Å². The summed E-state index contributed by atoms with van der Waals surface area (Å²) < 4.78 is 5.69. The fraction of sp³-hybridized carbons (Fsp3) is 0.231. The van der Waals surface area contributed by atoms with E-state index < -0.39 is 0 Å². The summed E-state index contributed by atoms with van der Waals surface area (Å²) in [6.45, 7) is 1.65. The summed E-state index contributed by atoms with van der Waals surface area (Å²) in [7, 11) is 4.10. The normalized spacial score (nSPS) is 10.5. The highest BCUT2D eigenvalue weighted by Crippen LogP contribution is 2.13. The number of hydrogen-bond acceptors (Lipinski definition) is 2. The Balaban J connectivity index is 0.000000397. The monoisotopic (exact) mass is 373 g/mol. The van der Waals surface area contributed by atoms with Gasteiger partial charge in [-0.15, -0.1) is 0 Å². The van der Waals surface area contributed by atoms with Gasteiger partial charge in [-0.05, 0) is 50.2 Å². The number of aryl methyl sites for hydroxylation is 1. The second-order valence-corrected chi connectivity index (χ2v) is 6.80. The van der Waals surface area contributed by atoms with E-state index in [0.717, 1.165) is 31.7 Å². The molecule has 0 unspecified atom stereocenters. The number of hydrogen-bond donors (Lipinski definition) is 0. The van der Waals surface area contributed by atoms with Gasteiger partial charge in [0.25, 0.3) is 0 Å². The zero-order valence-corrected chi connectivity index (χ0v) is 17.0. The average Bonchev–Trinajstić information content (AvgIpc) is 2.74. The van der Waals surface area contributed by atoms with Crippen LogP contribution in [0, 0.1) is 0 Å². The zero-order chi connectivity index (χ0) is 19.9. The minimum absolute atomic E-state index is 0.721. The summed E-state index contributed by atoms with van der Waals surface area (Å²) in [6, 6.07) is 30.9. The highest BCUT2D eigenvalue weighted by molar-refractivity contribution is 5.50. The van der Waals surface area contributed by atoms with Crippen molar-refractivity contribution in [2.45, 2.75) is 12.8 Å². The van der Waals surface area contributed by atoms with Gasteiger partial charge in [-0.1, -0.05) is 91.0 Å². The first-order valence-corrected chi connectivity index (χ1v) is 9.82. The van der Waals surface area contributed by atoms with Crippen molar-refractivity contribution in [1.29, 1.82) is 0 Å². The smallest absolute Gasteiger partial charge is 0.119 e. The molecule has 3 aromatic rings. The van der Waals surface area contributed by atoms with Crippen LogP contribution in [0.15, 0.2) is 97.1 Å². The zero-order valence-electron chi connectivity index (χ0n) is 17.0. The van der Waals surface area contributed by atoms with Crippen molar-refractivity contribution >= 4 is 6.08 Å². The second kappa shape index (κ2) is 13.3. The average molecular weight is 374 g/mol. The van der Waals surface area contributed by atoms with E-state index in [0.29, 0.717) is 0 Å². The van der Waals surface area contributed by atoms with Crippen molar-refractivity contribution < 1.29 is 4.74 Å². The summed E-state index contributed by atoms with van der Waals surface area (Å²) in [5, 5.41) is 0. The molecule has 0 fully saturated rings. The van der Waals surface area contributed by atoms with E-state index in [1.54, 1.807) is 0 Å². The van der Waals surface area contributed by atoms with E-state index in [-0.39, 0.29) is 0 Å². The maximum Gasteiger partial charge on any atom is 0.119 e. The molecular weight excluding hydrogens is 342 g/mol.